The Hall–Kier alpha value is -2.38. The van der Waals surface area contributed by atoms with E-state index in [-0.39, 0.29) is 23.8 Å². The molecule has 1 atom stereocenters. The van der Waals surface area contributed by atoms with Crippen LogP contribution in [0.2, 0.25) is 0 Å². The zero-order valence-electron chi connectivity index (χ0n) is 16.1. The van der Waals surface area contributed by atoms with E-state index >= 15 is 0 Å². The highest BCUT2D eigenvalue weighted by Gasteiger charge is 2.31. The molecule has 0 radical (unpaired) electrons. The average Bonchev–Trinajstić information content (AvgIpc) is 2.67. The number of benzene rings is 1. The molecule has 0 spiro atoms. The third-order valence-corrected chi connectivity index (χ3v) is 5.56. The maximum Gasteiger partial charge on any atom is 0.573 e. The SMILES string of the molecule is CC(NC(=O)CCNS(=O)(=O)c1ccc(OC(F)(F)F)cc1)C(=O)N1CCOCC1. The lowest BCUT2D eigenvalue weighted by molar-refractivity contribution is -0.274. The number of rotatable bonds is 8. The fourth-order valence-electron chi connectivity index (χ4n) is 2.64. The Balaban J connectivity index is 1.80. The fourth-order valence-corrected chi connectivity index (χ4v) is 3.67. The summed E-state index contributed by atoms with van der Waals surface area (Å²) in [4.78, 5) is 25.5. The Bertz CT molecular complexity index is 839. The Kier molecular flexibility index (Phi) is 8.03. The van der Waals surface area contributed by atoms with Crippen LogP contribution in [-0.4, -0.2) is 70.4 Å². The molecule has 2 N–H and O–H groups in total. The summed E-state index contributed by atoms with van der Waals surface area (Å²) in [6, 6.07) is 2.87. The monoisotopic (exact) mass is 453 g/mol. The Morgan fingerprint density at radius 2 is 1.80 bits per heavy atom. The first-order valence-corrected chi connectivity index (χ1v) is 10.5. The molecule has 0 saturated carbocycles. The second-order valence-corrected chi connectivity index (χ2v) is 8.16. The average molecular weight is 453 g/mol. The summed E-state index contributed by atoms with van der Waals surface area (Å²) in [5.74, 6) is -1.34. The number of ether oxygens (including phenoxy) is 2. The summed E-state index contributed by atoms with van der Waals surface area (Å²) in [5, 5.41) is 2.50. The number of nitrogens with zero attached hydrogens (tertiary/aromatic N) is 1. The second-order valence-electron chi connectivity index (χ2n) is 6.39. The molecule has 1 saturated heterocycles. The Morgan fingerprint density at radius 3 is 2.37 bits per heavy atom. The van der Waals surface area contributed by atoms with Gasteiger partial charge in [0.2, 0.25) is 21.8 Å². The van der Waals surface area contributed by atoms with E-state index < -0.39 is 34.1 Å². The van der Waals surface area contributed by atoms with Crippen molar-refractivity contribution in [2.24, 2.45) is 0 Å². The number of carbonyl (C=O) groups is 2. The third-order valence-electron chi connectivity index (χ3n) is 4.08. The van der Waals surface area contributed by atoms with Crippen LogP contribution in [0.4, 0.5) is 13.2 Å². The van der Waals surface area contributed by atoms with Crippen LogP contribution < -0.4 is 14.8 Å². The Morgan fingerprint density at radius 1 is 1.20 bits per heavy atom. The summed E-state index contributed by atoms with van der Waals surface area (Å²) >= 11 is 0. The van der Waals surface area contributed by atoms with Crippen molar-refractivity contribution in [1.82, 2.24) is 14.9 Å². The van der Waals surface area contributed by atoms with Crippen molar-refractivity contribution in [1.29, 1.82) is 0 Å². The summed E-state index contributed by atoms with van der Waals surface area (Å²) in [5.41, 5.74) is 0. The van der Waals surface area contributed by atoms with Gasteiger partial charge in [0.15, 0.2) is 0 Å². The van der Waals surface area contributed by atoms with Gasteiger partial charge in [0.25, 0.3) is 0 Å². The zero-order valence-corrected chi connectivity index (χ0v) is 16.9. The lowest BCUT2D eigenvalue weighted by Gasteiger charge is -2.29. The summed E-state index contributed by atoms with van der Waals surface area (Å²) in [7, 11) is -4.03. The highest BCUT2D eigenvalue weighted by molar-refractivity contribution is 7.89. The van der Waals surface area contributed by atoms with Gasteiger partial charge in [-0.1, -0.05) is 0 Å². The van der Waals surface area contributed by atoms with E-state index in [1.54, 1.807) is 4.90 Å². The maximum absolute atomic E-state index is 12.2. The zero-order chi connectivity index (χ0) is 22.4. The van der Waals surface area contributed by atoms with Crippen molar-refractivity contribution in [2.45, 2.75) is 30.6 Å². The van der Waals surface area contributed by atoms with Crippen LogP contribution in [-0.2, 0) is 24.3 Å². The third kappa shape index (κ3) is 7.46. The van der Waals surface area contributed by atoms with Gasteiger partial charge >= 0.3 is 6.36 Å². The number of hydrogen-bond acceptors (Lipinski definition) is 6. The predicted octanol–water partition coefficient (Wildman–Crippen LogP) is 0.617. The summed E-state index contributed by atoms with van der Waals surface area (Å²) < 4.78 is 71.8. The Labute approximate surface area is 171 Å². The smallest absolute Gasteiger partial charge is 0.406 e. The van der Waals surface area contributed by atoms with Crippen LogP contribution in [0.15, 0.2) is 29.2 Å². The molecule has 1 unspecified atom stereocenters. The van der Waals surface area contributed by atoms with Crippen LogP contribution in [0, 0.1) is 0 Å². The van der Waals surface area contributed by atoms with Gasteiger partial charge in [-0.2, -0.15) is 0 Å². The molecule has 2 rings (SSSR count). The number of hydrogen-bond donors (Lipinski definition) is 2. The van der Waals surface area contributed by atoms with Crippen molar-refractivity contribution in [3.05, 3.63) is 24.3 Å². The molecule has 0 aromatic heterocycles. The molecule has 1 aliphatic heterocycles. The summed E-state index contributed by atoms with van der Waals surface area (Å²) in [6.07, 6.45) is -5.11. The van der Waals surface area contributed by atoms with Gasteiger partial charge in [0, 0.05) is 26.1 Å². The van der Waals surface area contributed by atoms with Gasteiger partial charge < -0.3 is 19.7 Å². The topological polar surface area (TPSA) is 114 Å². The number of sulfonamides is 1. The number of halogens is 3. The van der Waals surface area contributed by atoms with Crippen LogP contribution in [0.3, 0.4) is 0 Å². The first-order chi connectivity index (χ1) is 14.0. The lowest BCUT2D eigenvalue weighted by atomic mass is 10.2. The lowest BCUT2D eigenvalue weighted by Crippen LogP contribution is -2.50. The minimum atomic E-state index is -4.88. The molecule has 1 aromatic rings. The molecule has 13 heteroatoms. The molecule has 0 aliphatic carbocycles. The van der Waals surface area contributed by atoms with E-state index in [0.29, 0.717) is 26.3 Å². The minimum absolute atomic E-state index is 0.227. The minimum Gasteiger partial charge on any atom is -0.406 e. The normalized spacial score (nSPS) is 16.1. The first-order valence-electron chi connectivity index (χ1n) is 8.99. The molecular weight excluding hydrogens is 431 g/mol. The molecule has 1 fully saturated rings. The highest BCUT2D eigenvalue weighted by atomic mass is 32.2. The molecule has 168 valence electrons. The number of amides is 2. The highest BCUT2D eigenvalue weighted by Crippen LogP contribution is 2.23. The van der Waals surface area contributed by atoms with Crippen LogP contribution >= 0.6 is 0 Å². The van der Waals surface area contributed by atoms with Crippen LogP contribution in [0.5, 0.6) is 5.75 Å². The first kappa shape index (κ1) is 23.9. The van der Waals surface area contributed by atoms with E-state index in [1.165, 1.54) is 6.92 Å². The fraction of sp³-hybridized carbons (Fsp3) is 0.529. The van der Waals surface area contributed by atoms with Gasteiger partial charge in [-0.15, -0.1) is 13.2 Å². The van der Waals surface area contributed by atoms with Crippen LogP contribution in [0.1, 0.15) is 13.3 Å². The van der Waals surface area contributed by atoms with Crippen molar-refractivity contribution in [3.63, 3.8) is 0 Å². The van der Waals surface area contributed by atoms with Crippen molar-refractivity contribution >= 4 is 21.8 Å². The van der Waals surface area contributed by atoms with Crippen molar-refractivity contribution in [2.75, 3.05) is 32.8 Å². The van der Waals surface area contributed by atoms with E-state index in [2.05, 4.69) is 14.8 Å². The van der Waals surface area contributed by atoms with Crippen molar-refractivity contribution in [3.8, 4) is 5.75 Å². The predicted molar refractivity (Wildman–Crippen MR) is 97.9 cm³/mol. The van der Waals surface area contributed by atoms with E-state index in [4.69, 9.17) is 4.74 Å². The van der Waals surface area contributed by atoms with Gasteiger partial charge in [-0.25, -0.2) is 13.1 Å². The second kappa shape index (κ2) is 10.1. The molecule has 30 heavy (non-hydrogen) atoms. The van der Waals surface area contributed by atoms with Gasteiger partial charge in [-0.05, 0) is 31.2 Å². The molecule has 1 aromatic carbocycles. The van der Waals surface area contributed by atoms with Gasteiger partial charge in [0.05, 0.1) is 18.1 Å². The van der Waals surface area contributed by atoms with E-state index in [0.717, 1.165) is 24.3 Å². The molecule has 0 bridgehead atoms. The number of carbonyl (C=O) groups excluding carboxylic acids is 2. The van der Waals surface area contributed by atoms with E-state index in [1.807, 2.05) is 0 Å². The summed E-state index contributed by atoms with van der Waals surface area (Å²) in [6.45, 7) is 3.00. The molecular formula is C17H22F3N3O6S. The largest absolute Gasteiger partial charge is 0.573 e. The van der Waals surface area contributed by atoms with Crippen molar-refractivity contribution < 1.29 is 40.7 Å². The molecule has 1 heterocycles. The number of alkyl halides is 3. The maximum atomic E-state index is 12.2. The molecule has 9 nitrogen and oxygen atoms in total. The molecule has 1 aliphatic rings. The number of nitrogens with one attached hydrogen (secondary N) is 2. The standard InChI is InChI=1S/C17H22F3N3O6S/c1-12(16(25)23-8-10-28-11-9-23)22-15(24)6-7-21-30(26,27)14-4-2-13(3-5-14)29-17(18,19)20/h2-5,12,21H,6-11H2,1H3,(H,22,24). The van der Waals surface area contributed by atoms with E-state index in [9.17, 15) is 31.2 Å². The number of morpholine rings is 1. The quantitative estimate of drug-likeness (QED) is 0.597. The van der Waals surface area contributed by atoms with Crippen LogP contribution in [0.25, 0.3) is 0 Å². The van der Waals surface area contributed by atoms with Gasteiger partial charge in [-0.3, -0.25) is 9.59 Å². The molecule has 2 amide bonds. The van der Waals surface area contributed by atoms with Gasteiger partial charge in [0.1, 0.15) is 11.8 Å².